The lowest BCUT2D eigenvalue weighted by atomic mass is 10.0. The Morgan fingerprint density at radius 1 is 1.20 bits per heavy atom. The van der Waals surface area contributed by atoms with Crippen LogP contribution in [-0.4, -0.2) is 76.6 Å². The summed E-state index contributed by atoms with van der Waals surface area (Å²) in [6, 6.07) is -0.113. The number of hydrogen-bond donors (Lipinski definition) is 2. The number of amides is 4. The number of nitrogens with two attached hydrogens (primary N) is 1. The average Bonchev–Trinajstić information content (AvgIpc) is 2.41. The normalized spacial score (nSPS) is 21.2. The van der Waals surface area contributed by atoms with Crippen molar-refractivity contribution in [3.05, 3.63) is 0 Å². The molecule has 0 aromatic carbocycles. The fourth-order valence-corrected chi connectivity index (χ4v) is 2.85. The Balaban J connectivity index is 1.93. The summed E-state index contributed by atoms with van der Waals surface area (Å²) < 4.78 is 0. The van der Waals surface area contributed by atoms with E-state index in [9.17, 15) is 14.4 Å². The maximum atomic E-state index is 12.3. The maximum absolute atomic E-state index is 12.3. The third kappa shape index (κ3) is 3.12. The first-order valence-electron chi connectivity index (χ1n) is 6.80. The number of carbonyl (C=O) groups excluding carboxylic acids is 2. The van der Waals surface area contributed by atoms with E-state index >= 15 is 0 Å². The molecule has 0 radical (unpaired) electrons. The molecular weight excluding hydrogens is 264 g/mol. The molecule has 20 heavy (non-hydrogen) atoms. The maximum Gasteiger partial charge on any atom is 0.407 e. The van der Waals surface area contributed by atoms with Gasteiger partial charge in [0.2, 0.25) is 5.91 Å². The van der Waals surface area contributed by atoms with E-state index in [4.69, 9.17) is 10.8 Å². The first-order valence-corrected chi connectivity index (χ1v) is 6.80. The Hall–Kier alpha value is -1.99. The minimum Gasteiger partial charge on any atom is -0.465 e. The molecule has 8 heteroatoms. The number of urea groups is 1. The lowest BCUT2D eigenvalue weighted by molar-refractivity contribution is -0.119. The van der Waals surface area contributed by atoms with Gasteiger partial charge in [-0.3, -0.25) is 4.79 Å². The lowest BCUT2D eigenvalue weighted by Crippen LogP contribution is -2.57. The van der Waals surface area contributed by atoms with E-state index in [0.717, 1.165) is 6.42 Å². The summed E-state index contributed by atoms with van der Waals surface area (Å²) in [5, 5.41) is 8.91. The topological polar surface area (TPSA) is 107 Å². The van der Waals surface area contributed by atoms with Gasteiger partial charge in [-0.2, -0.15) is 0 Å². The molecule has 8 nitrogen and oxygen atoms in total. The van der Waals surface area contributed by atoms with Crippen LogP contribution in [-0.2, 0) is 4.79 Å². The third-order valence-electron chi connectivity index (χ3n) is 3.87. The standard InChI is InChI=1S/C12H20N4O4/c13-10(17)8-15-4-1-5-16(11(15)18)9-2-6-14(7-3-9)12(19)20/h9H,1-8H2,(H2,13,17)(H,19,20). The quantitative estimate of drug-likeness (QED) is 0.744. The molecule has 0 aromatic rings. The molecule has 0 aromatic heterocycles. The van der Waals surface area contributed by atoms with Gasteiger partial charge in [-0.25, -0.2) is 9.59 Å². The third-order valence-corrected chi connectivity index (χ3v) is 3.87. The summed E-state index contributed by atoms with van der Waals surface area (Å²) in [5.41, 5.74) is 5.14. The predicted octanol–water partition coefficient (Wildman–Crippen LogP) is -0.258. The zero-order valence-corrected chi connectivity index (χ0v) is 11.3. The molecule has 2 saturated heterocycles. The van der Waals surface area contributed by atoms with Crippen LogP contribution in [0.15, 0.2) is 0 Å². The summed E-state index contributed by atoms with van der Waals surface area (Å²) in [5.74, 6) is -0.513. The average molecular weight is 284 g/mol. The number of rotatable bonds is 3. The van der Waals surface area contributed by atoms with Crippen molar-refractivity contribution in [1.82, 2.24) is 14.7 Å². The molecule has 0 saturated carbocycles. The van der Waals surface area contributed by atoms with Crippen LogP contribution in [0.25, 0.3) is 0 Å². The van der Waals surface area contributed by atoms with Gasteiger partial charge in [0.25, 0.3) is 0 Å². The van der Waals surface area contributed by atoms with Crippen LogP contribution in [0.2, 0.25) is 0 Å². The van der Waals surface area contributed by atoms with Crippen molar-refractivity contribution < 1.29 is 19.5 Å². The number of primary amides is 1. The smallest absolute Gasteiger partial charge is 0.407 e. The highest BCUT2D eigenvalue weighted by molar-refractivity contribution is 5.83. The fraction of sp³-hybridized carbons (Fsp3) is 0.750. The molecule has 4 amide bonds. The summed E-state index contributed by atoms with van der Waals surface area (Å²) in [7, 11) is 0. The molecule has 2 rings (SSSR count). The van der Waals surface area contributed by atoms with Gasteiger partial charge in [0.15, 0.2) is 0 Å². The van der Waals surface area contributed by atoms with E-state index < -0.39 is 12.0 Å². The van der Waals surface area contributed by atoms with Gasteiger partial charge in [0.05, 0.1) is 0 Å². The molecular formula is C12H20N4O4. The monoisotopic (exact) mass is 284 g/mol. The van der Waals surface area contributed by atoms with E-state index in [2.05, 4.69) is 0 Å². The van der Waals surface area contributed by atoms with Gasteiger partial charge in [0, 0.05) is 32.2 Å². The van der Waals surface area contributed by atoms with Crippen LogP contribution < -0.4 is 5.73 Å². The first-order chi connectivity index (χ1) is 9.49. The van der Waals surface area contributed by atoms with Gasteiger partial charge >= 0.3 is 12.1 Å². The highest BCUT2D eigenvalue weighted by atomic mass is 16.4. The molecule has 2 aliphatic rings. The van der Waals surface area contributed by atoms with Gasteiger partial charge in [-0.1, -0.05) is 0 Å². The second kappa shape index (κ2) is 5.98. The number of nitrogens with zero attached hydrogens (tertiary/aromatic N) is 3. The van der Waals surface area contributed by atoms with Crippen molar-refractivity contribution in [3.8, 4) is 0 Å². The van der Waals surface area contributed by atoms with Gasteiger partial charge in [-0.15, -0.1) is 0 Å². The van der Waals surface area contributed by atoms with Crippen LogP contribution in [0.4, 0.5) is 9.59 Å². The summed E-state index contributed by atoms with van der Waals surface area (Å²) in [4.78, 5) is 38.7. The molecule has 3 N–H and O–H groups in total. The van der Waals surface area contributed by atoms with Crippen molar-refractivity contribution in [2.24, 2.45) is 5.73 Å². The Bertz CT molecular complexity index is 406. The second-order valence-corrected chi connectivity index (χ2v) is 5.22. The molecule has 0 spiro atoms. The van der Waals surface area contributed by atoms with Crippen molar-refractivity contribution in [3.63, 3.8) is 0 Å². The molecule has 0 bridgehead atoms. The Kier molecular flexibility index (Phi) is 4.31. The minimum absolute atomic E-state index is 0.0498. The highest BCUT2D eigenvalue weighted by Crippen LogP contribution is 2.21. The van der Waals surface area contributed by atoms with Crippen molar-refractivity contribution >= 4 is 18.0 Å². The number of carboxylic acid groups (broad SMARTS) is 1. The molecule has 2 heterocycles. The van der Waals surface area contributed by atoms with Gasteiger partial charge < -0.3 is 25.5 Å². The van der Waals surface area contributed by atoms with E-state index in [1.54, 1.807) is 4.90 Å². The van der Waals surface area contributed by atoms with Crippen molar-refractivity contribution in [2.45, 2.75) is 25.3 Å². The molecule has 0 aliphatic carbocycles. The lowest BCUT2D eigenvalue weighted by Gasteiger charge is -2.42. The summed E-state index contributed by atoms with van der Waals surface area (Å²) in [6.45, 7) is 2.04. The number of carbonyl (C=O) groups is 3. The molecule has 0 unspecified atom stereocenters. The highest BCUT2D eigenvalue weighted by Gasteiger charge is 2.34. The molecule has 2 fully saturated rings. The van der Waals surface area contributed by atoms with Crippen LogP contribution in [0.3, 0.4) is 0 Å². The summed E-state index contributed by atoms with van der Waals surface area (Å²) in [6.07, 6.45) is 1.17. The zero-order valence-electron chi connectivity index (χ0n) is 11.3. The van der Waals surface area contributed by atoms with Gasteiger partial charge in [-0.05, 0) is 19.3 Å². The van der Waals surface area contributed by atoms with E-state index in [0.29, 0.717) is 39.0 Å². The number of piperidine rings is 1. The Morgan fingerprint density at radius 2 is 1.85 bits per heavy atom. The Labute approximate surface area is 117 Å². The Morgan fingerprint density at radius 3 is 2.40 bits per heavy atom. The van der Waals surface area contributed by atoms with Crippen LogP contribution >= 0.6 is 0 Å². The van der Waals surface area contributed by atoms with Crippen molar-refractivity contribution in [1.29, 1.82) is 0 Å². The van der Waals surface area contributed by atoms with Crippen LogP contribution in [0, 0.1) is 0 Å². The number of hydrogen-bond acceptors (Lipinski definition) is 3. The SMILES string of the molecule is NC(=O)CN1CCCN(C2CCN(C(=O)O)CC2)C1=O. The fourth-order valence-electron chi connectivity index (χ4n) is 2.85. The van der Waals surface area contributed by atoms with E-state index in [1.807, 2.05) is 0 Å². The second-order valence-electron chi connectivity index (χ2n) is 5.22. The van der Waals surface area contributed by atoms with Gasteiger partial charge in [0.1, 0.15) is 6.54 Å². The summed E-state index contributed by atoms with van der Waals surface area (Å²) >= 11 is 0. The molecule has 2 aliphatic heterocycles. The van der Waals surface area contributed by atoms with Crippen LogP contribution in [0.1, 0.15) is 19.3 Å². The number of likely N-dealkylation sites (tertiary alicyclic amines) is 1. The zero-order chi connectivity index (χ0) is 14.7. The largest absolute Gasteiger partial charge is 0.465 e. The van der Waals surface area contributed by atoms with E-state index in [-0.39, 0.29) is 18.6 Å². The van der Waals surface area contributed by atoms with E-state index in [1.165, 1.54) is 9.80 Å². The first kappa shape index (κ1) is 14.4. The van der Waals surface area contributed by atoms with Crippen LogP contribution in [0.5, 0.6) is 0 Å². The molecule has 112 valence electrons. The minimum atomic E-state index is -0.913. The van der Waals surface area contributed by atoms with Crippen molar-refractivity contribution in [2.75, 3.05) is 32.7 Å². The molecule has 0 atom stereocenters. The predicted molar refractivity (Wildman–Crippen MR) is 70.1 cm³/mol.